The van der Waals surface area contributed by atoms with Crippen LogP contribution in [0.1, 0.15) is 78.1 Å². The molecule has 0 saturated heterocycles. The molecule has 2 fully saturated rings. The second-order valence-corrected chi connectivity index (χ2v) is 11.7. The minimum atomic E-state index is -4.78. The van der Waals surface area contributed by atoms with E-state index in [1.54, 1.807) is 0 Å². The zero-order valence-electron chi connectivity index (χ0n) is 17.8. The van der Waals surface area contributed by atoms with Gasteiger partial charge in [-0.05, 0) is 39.5 Å². The number of ketones is 2. The van der Waals surface area contributed by atoms with Crippen molar-refractivity contribution in [1.82, 2.24) is 0 Å². The summed E-state index contributed by atoms with van der Waals surface area (Å²) in [6.07, 6.45) is -1.09. The second kappa shape index (κ2) is 9.73. The van der Waals surface area contributed by atoms with Crippen LogP contribution < -0.4 is 0 Å². The lowest BCUT2D eigenvalue weighted by Gasteiger charge is -2.32. The summed E-state index contributed by atoms with van der Waals surface area (Å²) in [6, 6.07) is 0. The van der Waals surface area contributed by atoms with Crippen LogP contribution in [0.15, 0.2) is 0 Å². The molecule has 2 saturated carbocycles. The van der Waals surface area contributed by atoms with Gasteiger partial charge < -0.3 is 8.37 Å². The third-order valence-electron chi connectivity index (χ3n) is 6.10. The van der Waals surface area contributed by atoms with Gasteiger partial charge in [-0.3, -0.25) is 9.59 Å². The first-order chi connectivity index (χ1) is 14.8. The highest BCUT2D eigenvalue weighted by molar-refractivity contribution is 7.89. The molecule has 12 nitrogen and oxygen atoms in total. The highest BCUT2D eigenvalue weighted by Gasteiger charge is 2.53. The molecule has 2 aliphatic carbocycles. The molecule has 0 spiro atoms. The summed E-state index contributed by atoms with van der Waals surface area (Å²) >= 11 is 0. The molecule has 0 bridgehead atoms. The van der Waals surface area contributed by atoms with Crippen LogP contribution in [0.2, 0.25) is 0 Å². The predicted octanol–water partition coefficient (Wildman–Crippen LogP) is 2.45. The minimum Gasteiger partial charge on any atom is -0.309 e. The molecule has 0 radical (unpaired) electrons. The van der Waals surface area contributed by atoms with Gasteiger partial charge in [-0.2, -0.15) is 36.2 Å². The van der Waals surface area contributed by atoms with E-state index in [4.69, 9.17) is 0 Å². The third kappa shape index (κ3) is 5.05. The molecule has 0 aliphatic heterocycles. The Morgan fingerprint density at radius 2 is 0.844 bits per heavy atom. The monoisotopic (exact) mass is 498 g/mol. The fourth-order valence-corrected chi connectivity index (χ4v) is 7.25. The highest BCUT2D eigenvalue weighted by atomic mass is 32.2. The molecule has 182 valence electrons. The van der Waals surface area contributed by atoms with Crippen LogP contribution in [0.3, 0.4) is 0 Å². The molecule has 0 heterocycles. The summed E-state index contributed by atoms with van der Waals surface area (Å²) in [7, 11) is -9.57. The van der Waals surface area contributed by atoms with Crippen molar-refractivity contribution in [2.24, 2.45) is 0 Å². The van der Waals surface area contributed by atoms with Crippen molar-refractivity contribution >= 4 is 44.1 Å². The maximum Gasteiger partial charge on any atom is 0.566 e. The number of hydrogen-bond donors (Lipinski definition) is 0. The normalized spacial score (nSPS) is 20.4. The Hall–Kier alpha value is -2.22. The lowest BCUT2D eigenvalue weighted by atomic mass is 9.86. The van der Waals surface area contributed by atoms with E-state index in [1.165, 1.54) is 0 Å². The first-order valence-electron chi connectivity index (χ1n) is 10.1. The Kier molecular flexibility index (Phi) is 7.92. The van der Waals surface area contributed by atoms with E-state index < -0.39 is 53.6 Å². The van der Waals surface area contributed by atoms with Gasteiger partial charge in [0.25, 0.3) is 0 Å². The third-order valence-corrected chi connectivity index (χ3v) is 10.1. The molecule has 0 aromatic carbocycles. The first kappa shape index (κ1) is 26.0. The van der Waals surface area contributed by atoms with Crippen LogP contribution in [0, 0.1) is 0 Å². The Bertz CT molecular complexity index is 887. The summed E-state index contributed by atoms with van der Waals surface area (Å²) in [5.41, 5.74) is 0. The fourth-order valence-electron chi connectivity index (χ4n) is 4.24. The Labute approximate surface area is 186 Å². The van der Waals surface area contributed by atoms with Crippen LogP contribution in [0.5, 0.6) is 0 Å². The molecular formula is C18H26O12S2. The molecule has 32 heavy (non-hydrogen) atoms. The zero-order valence-corrected chi connectivity index (χ0v) is 19.4. The summed E-state index contributed by atoms with van der Waals surface area (Å²) in [6.45, 7) is 2.12. The summed E-state index contributed by atoms with van der Waals surface area (Å²) in [4.78, 5) is 55.3. The van der Waals surface area contributed by atoms with Gasteiger partial charge in [0.05, 0.1) is 0 Å². The van der Waals surface area contributed by atoms with Gasteiger partial charge in [0.15, 0.2) is 21.1 Å². The first-order valence-corrected chi connectivity index (χ1v) is 12.9. The number of Topliss-reactive ketones (excluding diaryl/α,β-unsaturated/α-hetero) is 2. The van der Waals surface area contributed by atoms with Gasteiger partial charge in [-0.1, -0.05) is 38.5 Å². The maximum absolute atomic E-state index is 12.5. The lowest BCUT2D eigenvalue weighted by Crippen LogP contribution is -2.48. The summed E-state index contributed by atoms with van der Waals surface area (Å²) in [5, 5.41) is 0. The van der Waals surface area contributed by atoms with Crippen molar-refractivity contribution in [3.63, 3.8) is 0 Å². The standard InChI is InChI=1S/C18H26O12S2/c1-13(19)17(9-5-3-6-10-17)31(23,24)29-15(21)27-28-16(22)30-32(25,26)18(14(2)20)11-7-4-8-12-18/h3-12H2,1-2H3. The van der Waals surface area contributed by atoms with Gasteiger partial charge >= 0.3 is 32.5 Å². The smallest absolute Gasteiger partial charge is 0.309 e. The zero-order chi connectivity index (χ0) is 24.2. The second-order valence-electron chi connectivity index (χ2n) is 7.96. The van der Waals surface area contributed by atoms with E-state index in [1.807, 2.05) is 0 Å². The van der Waals surface area contributed by atoms with Gasteiger partial charge in [-0.15, -0.1) is 0 Å². The van der Waals surface area contributed by atoms with E-state index in [2.05, 4.69) is 18.1 Å². The van der Waals surface area contributed by atoms with Crippen molar-refractivity contribution in [3.05, 3.63) is 0 Å². The quantitative estimate of drug-likeness (QED) is 0.298. The van der Waals surface area contributed by atoms with Crippen LogP contribution in [0.25, 0.3) is 0 Å². The van der Waals surface area contributed by atoms with Crippen LogP contribution >= 0.6 is 0 Å². The number of hydrogen-bond acceptors (Lipinski definition) is 12. The average molecular weight is 499 g/mol. The molecule has 0 aromatic rings. The van der Waals surface area contributed by atoms with Gasteiger partial charge in [0.2, 0.25) is 0 Å². The van der Waals surface area contributed by atoms with E-state index in [9.17, 15) is 36.0 Å². The van der Waals surface area contributed by atoms with Crippen molar-refractivity contribution in [2.75, 3.05) is 0 Å². The minimum absolute atomic E-state index is 0.0494. The Morgan fingerprint density at radius 1 is 0.562 bits per heavy atom. The maximum atomic E-state index is 12.5. The molecular weight excluding hydrogens is 472 g/mol. The molecule has 0 N–H and O–H groups in total. The molecule has 2 rings (SSSR count). The number of carbonyl (C=O) groups is 4. The fraction of sp³-hybridized carbons (Fsp3) is 0.778. The van der Waals surface area contributed by atoms with E-state index in [0.29, 0.717) is 38.5 Å². The van der Waals surface area contributed by atoms with Crippen LogP contribution in [-0.2, 0) is 48.0 Å². The summed E-state index contributed by atoms with van der Waals surface area (Å²) in [5.74, 6) is -1.42. The SMILES string of the molecule is CC(=O)C1(S(=O)(=O)OC(=O)OOC(=O)OS(=O)(=O)C2(C(C)=O)CCCCC2)CCCCC1. The molecule has 0 atom stereocenters. The molecule has 0 aromatic heterocycles. The predicted molar refractivity (Wildman–Crippen MR) is 106 cm³/mol. The highest BCUT2D eigenvalue weighted by Crippen LogP contribution is 2.38. The molecule has 0 amide bonds. The van der Waals surface area contributed by atoms with Crippen molar-refractivity contribution in [3.8, 4) is 0 Å². The number of rotatable bonds is 6. The Balaban J connectivity index is 2.01. The number of carbonyl (C=O) groups excluding carboxylic acids is 4. The molecule has 2 aliphatic rings. The van der Waals surface area contributed by atoms with Gasteiger partial charge in [-0.25, -0.2) is 0 Å². The van der Waals surface area contributed by atoms with Gasteiger partial charge in [0, 0.05) is 0 Å². The van der Waals surface area contributed by atoms with E-state index in [-0.39, 0.29) is 25.7 Å². The topological polar surface area (TPSA) is 173 Å². The van der Waals surface area contributed by atoms with Crippen molar-refractivity contribution in [2.45, 2.75) is 87.5 Å². The Morgan fingerprint density at radius 3 is 1.09 bits per heavy atom. The van der Waals surface area contributed by atoms with Crippen molar-refractivity contribution < 1.29 is 54.2 Å². The van der Waals surface area contributed by atoms with Crippen LogP contribution in [-0.4, -0.2) is 50.2 Å². The van der Waals surface area contributed by atoms with Crippen LogP contribution in [0.4, 0.5) is 9.59 Å². The van der Waals surface area contributed by atoms with Crippen molar-refractivity contribution in [1.29, 1.82) is 0 Å². The van der Waals surface area contributed by atoms with E-state index in [0.717, 1.165) is 13.8 Å². The van der Waals surface area contributed by atoms with E-state index >= 15 is 0 Å². The molecule has 14 heteroatoms. The summed E-state index contributed by atoms with van der Waals surface area (Å²) < 4.78 is 54.7. The molecule has 0 unspecified atom stereocenters. The average Bonchev–Trinajstić information content (AvgIpc) is 2.72. The lowest BCUT2D eigenvalue weighted by molar-refractivity contribution is -0.202. The largest absolute Gasteiger partial charge is 0.566 e. The van der Waals surface area contributed by atoms with Gasteiger partial charge in [0.1, 0.15) is 0 Å².